The first-order valence-electron chi connectivity index (χ1n) is 9.16. The molecule has 7 nitrogen and oxygen atoms in total. The number of nitro groups is 1. The molecule has 31 heavy (non-hydrogen) atoms. The van der Waals surface area contributed by atoms with Crippen LogP contribution in [0.4, 0.5) is 11.6 Å². The fraction of sp³-hybridized carbons (Fsp3) is 0.0909. The minimum atomic E-state index is -0.403. The Morgan fingerprint density at radius 3 is 2.68 bits per heavy atom. The molecule has 0 aliphatic carbocycles. The number of anilines is 1. The molecule has 0 unspecified atom stereocenters. The Hall–Kier alpha value is -3.61. The highest BCUT2D eigenvalue weighted by Gasteiger charge is 2.20. The molecule has 2 heterocycles. The SMILES string of the molecule is CN(C)c1oc(/C=C(\C#N)c2nc3ccccc3s2)cc1Sc1ccccc1[N+](=O)[O-]. The molecule has 4 rings (SSSR count). The lowest BCUT2D eigenvalue weighted by atomic mass is 10.2. The molecule has 0 saturated carbocycles. The number of para-hydroxylation sites is 2. The van der Waals surface area contributed by atoms with Crippen LogP contribution in [0, 0.1) is 21.4 Å². The summed E-state index contributed by atoms with van der Waals surface area (Å²) < 4.78 is 6.96. The van der Waals surface area contributed by atoms with E-state index < -0.39 is 4.92 Å². The van der Waals surface area contributed by atoms with Crippen molar-refractivity contribution in [1.82, 2.24) is 4.98 Å². The summed E-state index contributed by atoms with van der Waals surface area (Å²) in [6.07, 6.45) is 1.65. The van der Waals surface area contributed by atoms with Gasteiger partial charge in [-0.1, -0.05) is 36.0 Å². The number of rotatable bonds is 6. The average Bonchev–Trinajstić information content (AvgIpc) is 3.36. The summed E-state index contributed by atoms with van der Waals surface area (Å²) in [4.78, 5) is 18.5. The van der Waals surface area contributed by atoms with Gasteiger partial charge in [0.15, 0.2) is 0 Å². The lowest BCUT2D eigenvalue weighted by Gasteiger charge is -2.10. The summed E-state index contributed by atoms with van der Waals surface area (Å²) in [5, 5.41) is 21.7. The first kappa shape index (κ1) is 20.7. The third-order valence-corrected chi connectivity index (χ3v) is 6.47. The van der Waals surface area contributed by atoms with Crippen molar-refractivity contribution in [2.75, 3.05) is 19.0 Å². The molecule has 0 saturated heterocycles. The molecule has 0 amide bonds. The van der Waals surface area contributed by atoms with E-state index in [0.717, 1.165) is 10.2 Å². The lowest BCUT2D eigenvalue weighted by Crippen LogP contribution is -2.08. The number of benzene rings is 2. The maximum Gasteiger partial charge on any atom is 0.283 e. The van der Waals surface area contributed by atoms with Crippen molar-refractivity contribution in [3.63, 3.8) is 0 Å². The molecule has 2 aromatic carbocycles. The Kier molecular flexibility index (Phi) is 5.75. The zero-order chi connectivity index (χ0) is 22.0. The molecule has 0 N–H and O–H groups in total. The van der Waals surface area contributed by atoms with Gasteiger partial charge in [-0.2, -0.15) is 5.26 Å². The number of aromatic nitrogens is 1. The van der Waals surface area contributed by atoms with Gasteiger partial charge < -0.3 is 9.32 Å². The van der Waals surface area contributed by atoms with Crippen LogP contribution in [0.2, 0.25) is 0 Å². The Morgan fingerprint density at radius 2 is 1.97 bits per heavy atom. The number of hydrogen-bond acceptors (Lipinski definition) is 8. The maximum atomic E-state index is 11.4. The Balaban J connectivity index is 1.73. The monoisotopic (exact) mass is 448 g/mol. The van der Waals surface area contributed by atoms with Crippen molar-refractivity contribution in [1.29, 1.82) is 5.26 Å². The Morgan fingerprint density at radius 1 is 1.23 bits per heavy atom. The van der Waals surface area contributed by atoms with E-state index in [1.807, 2.05) is 38.4 Å². The second kappa shape index (κ2) is 8.63. The van der Waals surface area contributed by atoms with Crippen LogP contribution >= 0.6 is 23.1 Å². The van der Waals surface area contributed by atoms with E-state index in [0.29, 0.717) is 32.0 Å². The molecule has 4 aromatic rings. The first-order valence-corrected chi connectivity index (χ1v) is 10.8. The lowest BCUT2D eigenvalue weighted by molar-refractivity contribution is -0.387. The highest BCUT2D eigenvalue weighted by Crippen LogP contribution is 2.41. The summed E-state index contributed by atoms with van der Waals surface area (Å²) >= 11 is 2.69. The predicted molar refractivity (Wildman–Crippen MR) is 123 cm³/mol. The van der Waals surface area contributed by atoms with Crippen LogP contribution in [-0.4, -0.2) is 24.0 Å². The van der Waals surface area contributed by atoms with Crippen LogP contribution in [0.15, 0.2) is 68.8 Å². The van der Waals surface area contributed by atoms with Gasteiger partial charge in [0, 0.05) is 32.3 Å². The van der Waals surface area contributed by atoms with Gasteiger partial charge in [0.05, 0.1) is 30.5 Å². The fourth-order valence-corrected chi connectivity index (χ4v) is 4.97. The topological polar surface area (TPSA) is 96.2 Å². The number of thiazole rings is 1. The van der Waals surface area contributed by atoms with Crippen molar-refractivity contribution >= 4 is 56.5 Å². The molecule has 0 aliphatic heterocycles. The molecule has 0 aliphatic rings. The number of fused-ring (bicyclic) bond motifs is 1. The third-order valence-electron chi connectivity index (χ3n) is 4.32. The van der Waals surface area contributed by atoms with Crippen LogP contribution in [0.25, 0.3) is 21.9 Å². The van der Waals surface area contributed by atoms with E-state index in [2.05, 4.69) is 11.1 Å². The molecule has 9 heteroatoms. The molecule has 0 spiro atoms. The number of nitrogens with zero attached hydrogens (tertiary/aromatic N) is 4. The summed E-state index contributed by atoms with van der Waals surface area (Å²) in [5.41, 5.74) is 1.26. The molecule has 2 aromatic heterocycles. The largest absolute Gasteiger partial charge is 0.440 e. The molecular weight excluding hydrogens is 432 g/mol. The summed E-state index contributed by atoms with van der Waals surface area (Å²) in [6, 6.07) is 18.2. The number of hydrogen-bond donors (Lipinski definition) is 0. The van der Waals surface area contributed by atoms with Gasteiger partial charge in [-0.15, -0.1) is 11.3 Å². The quantitative estimate of drug-likeness (QED) is 0.200. The number of allylic oxidation sites excluding steroid dienone is 1. The molecule has 0 atom stereocenters. The normalized spacial score (nSPS) is 11.5. The molecule has 0 bridgehead atoms. The second-order valence-corrected chi connectivity index (χ2v) is 8.81. The van der Waals surface area contributed by atoms with Gasteiger partial charge in [-0.25, -0.2) is 4.98 Å². The maximum absolute atomic E-state index is 11.4. The number of furan rings is 1. The van der Waals surface area contributed by atoms with E-state index in [4.69, 9.17) is 4.42 Å². The van der Waals surface area contributed by atoms with E-state index in [1.165, 1.54) is 29.2 Å². The van der Waals surface area contributed by atoms with Gasteiger partial charge in [0.25, 0.3) is 5.69 Å². The minimum absolute atomic E-state index is 0.0303. The Bertz CT molecular complexity index is 1320. The Labute approximate surface area is 186 Å². The number of nitriles is 1. The van der Waals surface area contributed by atoms with Crippen LogP contribution in [0.1, 0.15) is 10.8 Å². The fourth-order valence-electron chi connectivity index (χ4n) is 2.92. The second-order valence-electron chi connectivity index (χ2n) is 6.70. The first-order chi connectivity index (χ1) is 15.0. The van der Waals surface area contributed by atoms with Crippen LogP contribution in [0.5, 0.6) is 0 Å². The van der Waals surface area contributed by atoms with Gasteiger partial charge in [0.1, 0.15) is 16.8 Å². The van der Waals surface area contributed by atoms with Crippen molar-refractivity contribution in [3.05, 3.63) is 75.5 Å². The predicted octanol–water partition coefficient (Wildman–Crippen LogP) is 6.08. The zero-order valence-electron chi connectivity index (χ0n) is 16.6. The summed E-state index contributed by atoms with van der Waals surface area (Å²) in [5.74, 6) is 1.02. The summed E-state index contributed by atoms with van der Waals surface area (Å²) in [6.45, 7) is 0. The van der Waals surface area contributed by atoms with E-state index >= 15 is 0 Å². The van der Waals surface area contributed by atoms with Crippen molar-refractivity contribution in [2.24, 2.45) is 0 Å². The number of nitro benzene ring substituents is 1. The molecular formula is C22H16N4O3S2. The van der Waals surface area contributed by atoms with Gasteiger partial charge in [-0.3, -0.25) is 10.1 Å². The van der Waals surface area contributed by atoms with E-state index in [9.17, 15) is 15.4 Å². The van der Waals surface area contributed by atoms with Gasteiger partial charge in [0.2, 0.25) is 5.88 Å². The highest BCUT2D eigenvalue weighted by molar-refractivity contribution is 7.99. The van der Waals surface area contributed by atoms with Crippen LogP contribution < -0.4 is 4.90 Å². The zero-order valence-corrected chi connectivity index (χ0v) is 18.2. The van der Waals surface area contributed by atoms with Gasteiger partial charge in [-0.05, 0) is 18.2 Å². The minimum Gasteiger partial charge on any atom is -0.440 e. The van der Waals surface area contributed by atoms with Crippen LogP contribution in [0.3, 0.4) is 0 Å². The van der Waals surface area contributed by atoms with Gasteiger partial charge >= 0.3 is 0 Å². The van der Waals surface area contributed by atoms with E-state index in [-0.39, 0.29) is 5.69 Å². The smallest absolute Gasteiger partial charge is 0.283 e. The van der Waals surface area contributed by atoms with Crippen molar-refractivity contribution in [3.8, 4) is 6.07 Å². The van der Waals surface area contributed by atoms with Crippen LogP contribution in [-0.2, 0) is 0 Å². The molecule has 0 radical (unpaired) electrons. The third kappa shape index (κ3) is 4.30. The summed E-state index contributed by atoms with van der Waals surface area (Å²) in [7, 11) is 3.66. The molecule has 0 fully saturated rings. The highest BCUT2D eigenvalue weighted by atomic mass is 32.2. The van der Waals surface area contributed by atoms with Crippen molar-refractivity contribution < 1.29 is 9.34 Å². The van der Waals surface area contributed by atoms with E-state index in [1.54, 1.807) is 35.2 Å². The average molecular weight is 449 g/mol. The van der Waals surface area contributed by atoms with Crippen molar-refractivity contribution in [2.45, 2.75) is 9.79 Å². The standard InChI is InChI=1S/C22H16N4O3S2/c1-25(2)22-20(30-19-10-6-4-8-17(19)26(27)28)12-15(29-22)11-14(13-23)21-24-16-7-3-5-9-18(16)31-21/h3-12H,1-2H3/b14-11+. The molecule has 154 valence electrons.